The first-order valence-electron chi connectivity index (χ1n) is 7.64. The Morgan fingerprint density at radius 2 is 1.38 bits per heavy atom. The summed E-state index contributed by atoms with van der Waals surface area (Å²) >= 11 is 12.8. The Hall–Kier alpha value is -0.980. The van der Waals surface area contributed by atoms with Crippen LogP contribution >= 0.6 is 23.2 Å². The minimum Gasteiger partial charge on any atom is -0.113 e. The summed E-state index contributed by atoms with van der Waals surface area (Å²) in [5, 5.41) is 0.633. The average molecular weight is 321 g/mol. The molecule has 0 nitrogen and oxygen atoms in total. The van der Waals surface area contributed by atoms with Gasteiger partial charge in [-0.15, -0.1) is 11.6 Å². The Balaban J connectivity index is 2.52. The fourth-order valence-electron chi connectivity index (χ4n) is 2.76. The molecule has 0 aliphatic rings. The van der Waals surface area contributed by atoms with Gasteiger partial charge in [-0.25, -0.2) is 0 Å². The van der Waals surface area contributed by atoms with E-state index in [9.17, 15) is 0 Å². The summed E-state index contributed by atoms with van der Waals surface area (Å²) in [5.74, 6) is 0. The zero-order valence-corrected chi connectivity index (χ0v) is 14.4. The zero-order valence-electron chi connectivity index (χ0n) is 12.9. The minimum absolute atomic E-state index is 0.113. The topological polar surface area (TPSA) is 0 Å². The molecule has 2 aromatic carbocycles. The van der Waals surface area contributed by atoms with Gasteiger partial charge in [-0.2, -0.15) is 0 Å². The lowest BCUT2D eigenvalue weighted by Gasteiger charge is -2.20. The van der Waals surface area contributed by atoms with E-state index in [0.717, 1.165) is 29.8 Å². The van der Waals surface area contributed by atoms with Crippen molar-refractivity contribution in [3.63, 3.8) is 0 Å². The van der Waals surface area contributed by atoms with Crippen LogP contribution in [0.4, 0.5) is 0 Å². The van der Waals surface area contributed by atoms with Crippen molar-refractivity contribution in [3.8, 4) is 0 Å². The molecule has 0 N–H and O–H groups in total. The van der Waals surface area contributed by atoms with Crippen molar-refractivity contribution in [2.75, 3.05) is 0 Å². The van der Waals surface area contributed by atoms with Gasteiger partial charge in [-0.1, -0.05) is 56.6 Å². The molecule has 0 amide bonds. The van der Waals surface area contributed by atoms with Crippen molar-refractivity contribution < 1.29 is 0 Å². The van der Waals surface area contributed by atoms with Crippen molar-refractivity contribution in [2.24, 2.45) is 0 Å². The van der Waals surface area contributed by atoms with E-state index < -0.39 is 0 Å². The van der Waals surface area contributed by atoms with E-state index in [-0.39, 0.29) is 5.38 Å². The van der Waals surface area contributed by atoms with Gasteiger partial charge in [0.2, 0.25) is 0 Å². The quantitative estimate of drug-likeness (QED) is 0.562. The Morgan fingerprint density at radius 1 is 0.857 bits per heavy atom. The van der Waals surface area contributed by atoms with Crippen LogP contribution in [-0.2, 0) is 19.3 Å². The van der Waals surface area contributed by atoms with Crippen LogP contribution in [0.1, 0.15) is 54.0 Å². The summed E-state index contributed by atoms with van der Waals surface area (Å²) in [7, 11) is 0. The smallest absolute Gasteiger partial charge is 0.0840 e. The molecule has 0 aliphatic carbocycles. The maximum atomic E-state index is 6.80. The van der Waals surface area contributed by atoms with Gasteiger partial charge in [0.1, 0.15) is 0 Å². The van der Waals surface area contributed by atoms with Gasteiger partial charge in [0, 0.05) is 5.02 Å². The van der Waals surface area contributed by atoms with Crippen molar-refractivity contribution in [1.82, 2.24) is 0 Å². The molecule has 1 atom stereocenters. The monoisotopic (exact) mass is 320 g/mol. The van der Waals surface area contributed by atoms with E-state index in [1.165, 1.54) is 22.3 Å². The van der Waals surface area contributed by atoms with E-state index >= 15 is 0 Å². The SMILES string of the molecule is CCc1cc(CC)c(C(Cl)c2ccc(Cl)cc2)c(CC)c1. The molecular formula is C19H22Cl2. The second-order valence-corrected chi connectivity index (χ2v) is 6.18. The third-order valence-corrected chi connectivity index (χ3v) is 4.72. The van der Waals surface area contributed by atoms with Crippen LogP contribution in [0.2, 0.25) is 5.02 Å². The summed E-state index contributed by atoms with van der Waals surface area (Å²) in [6.45, 7) is 6.59. The molecule has 0 spiro atoms. The summed E-state index contributed by atoms with van der Waals surface area (Å²) in [5.41, 5.74) is 6.51. The predicted octanol–water partition coefficient (Wildman–Crippen LogP) is 6.36. The molecule has 0 heterocycles. The first-order valence-corrected chi connectivity index (χ1v) is 8.46. The molecule has 2 heteroatoms. The number of hydrogen-bond donors (Lipinski definition) is 0. The number of halogens is 2. The predicted molar refractivity (Wildman–Crippen MR) is 93.7 cm³/mol. The second kappa shape index (κ2) is 7.33. The molecule has 21 heavy (non-hydrogen) atoms. The number of benzene rings is 2. The molecular weight excluding hydrogens is 299 g/mol. The first kappa shape index (κ1) is 16.4. The van der Waals surface area contributed by atoms with Crippen LogP contribution in [-0.4, -0.2) is 0 Å². The Labute approximate surface area is 138 Å². The van der Waals surface area contributed by atoms with Crippen LogP contribution in [0.15, 0.2) is 36.4 Å². The van der Waals surface area contributed by atoms with Gasteiger partial charge < -0.3 is 0 Å². The van der Waals surface area contributed by atoms with Crippen LogP contribution in [0.3, 0.4) is 0 Å². The van der Waals surface area contributed by atoms with Gasteiger partial charge in [0.15, 0.2) is 0 Å². The summed E-state index contributed by atoms with van der Waals surface area (Å²) in [6, 6.07) is 12.5. The molecule has 0 fully saturated rings. The first-order chi connectivity index (χ1) is 10.1. The van der Waals surface area contributed by atoms with E-state index in [1.54, 1.807) is 0 Å². The van der Waals surface area contributed by atoms with E-state index in [0.29, 0.717) is 0 Å². The Morgan fingerprint density at radius 3 is 1.81 bits per heavy atom. The number of hydrogen-bond acceptors (Lipinski definition) is 0. The summed E-state index contributed by atoms with van der Waals surface area (Å²) in [4.78, 5) is 0. The highest BCUT2D eigenvalue weighted by Crippen LogP contribution is 2.35. The molecule has 1 unspecified atom stereocenters. The standard InChI is InChI=1S/C19H22Cl2/c1-4-13-11-14(5-2)18(15(6-3)12-13)19(21)16-7-9-17(20)10-8-16/h7-12,19H,4-6H2,1-3H3. The number of alkyl halides is 1. The zero-order chi connectivity index (χ0) is 15.4. The normalized spacial score (nSPS) is 12.4. The van der Waals surface area contributed by atoms with Gasteiger partial charge in [0.25, 0.3) is 0 Å². The van der Waals surface area contributed by atoms with Gasteiger partial charge in [-0.3, -0.25) is 0 Å². The van der Waals surface area contributed by atoms with Crippen LogP contribution in [0, 0.1) is 0 Å². The molecule has 112 valence electrons. The molecule has 0 bridgehead atoms. The van der Waals surface area contributed by atoms with Crippen molar-refractivity contribution in [1.29, 1.82) is 0 Å². The van der Waals surface area contributed by atoms with Gasteiger partial charge in [-0.05, 0) is 59.2 Å². The second-order valence-electron chi connectivity index (χ2n) is 5.30. The van der Waals surface area contributed by atoms with E-state index in [4.69, 9.17) is 23.2 Å². The van der Waals surface area contributed by atoms with Crippen molar-refractivity contribution in [2.45, 2.75) is 45.4 Å². The van der Waals surface area contributed by atoms with Crippen molar-refractivity contribution in [3.05, 3.63) is 69.2 Å². The molecule has 0 aliphatic heterocycles. The highest BCUT2D eigenvalue weighted by molar-refractivity contribution is 6.30. The molecule has 0 saturated heterocycles. The summed E-state index contributed by atoms with van der Waals surface area (Å²) in [6.07, 6.45) is 3.08. The number of aryl methyl sites for hydroxylation is 3. The lowest BCUT2D eigenvalue weighted by molar-refractivity contribution is 0.964. The highest BCUT2D eigenvalue weighted by atomic mass is 35.5. The minimum atomic E-state index is -0.113. The molecule has 2 aromatic rings. The largest absolute Gasteiger partial charge is 0.113 e. The van der Waals surface area contributed by atoms with E-state index in [1.807, 2.05) is 24.3 Å². The van der Waals surface area contributed by atoms with E-state index in [2.05, 4.69) is 32.9 Å². The maximum Gasteiger partial charge on any atom is 0.0840 e. The van der Waals surface area contributed by atoms with Gasteiger partial charge >= 0.3 is 0 Å². The average Bonchev–Trinajstić information content (AvgIpc) is 2.53. The van der Waals surface area contributed by atoms with Crippen LogP contribution in [0.25, 0.3) is 0 Å². The van der Waals surface area contributed by atoms with Crippen molar-refractivity contribution >= 4 is 23.2 Å². The number of rotatable bonds is 5. The Bertz CT molecular complexity index is 574. The lowest BCUT2D eigenvalue weighted by atomic mass is 9.89. The third-order valence-electron chi connectivity index (χ3n) is 4.00. The molecule has 0 radical (unpaired) electrons. The molecule has 0 saturated carbocycles. The van der Waals surface area contributed by atoms with Crippen LogP contribution in [0.5, 0.6) is 0 Å². The van der Waals surface area contributed by atoms with Gasteiger partial charge in [0.05, 0.1) is 5.38 Å². The Kier molecular flexibility index (Phi) is 5.72. The maximum absolute atomic E-state index is 6.80. The fourth-order valence-corrected chi connectivity index (χ4v) is 3.32. The third kappa shape index (κ3) is 3.62. The lowest BCUT2D eigenvalue weighted by Crippen LogP contribution is -2.05. The van der Waals surface area contributed by atoms with Crippen LogP contribution < -0.4 is 0 Å². The summed E-state index contributed by atoms with van der Waals surface area (Å²) < 4.78 is 0. The molecule has 2 rings (SSSR count). The highest BCUT2D eigenvalue weighted by Gasteiger charge is 2.18. The molecule has 0 aromatic heterocycles. The fraction of sp³-hybridized carbons (Fsp3) is 0.368.